The summed E-state index contributed by atoms with van der Waals surface area (Å²) in [6, 6.07) is 17.9. The van der Waals surface area contributed by atoms with Crippen molar-refractivity contribution in [3.8, 4) is 11.5 Å². The van der Waals surface area contributed by atoms with Crippen LogP contribution in [0.4, 0.5) is 5.69 Å². The van der Waals surface area contributed by atoms with Gasteiger partial charge in [0.25, 0.3) is 15.9 Å². The van der Waals surface area contributed by atoms with Crippen molar-refractivity contribution >= 4 is 27.8 Å². The molecule has 3 aromatic rings. The molecule has 0 aromatic heterocycles. The SMILES string of the molecule is COc1cccc(/C=N\NC(=O)CN(c2ccc(C)c(C)c2)S(=O)(=O)c2ccccc2)c1O. The van der Waals surface area contributed by atoms with E-state index in [0.717, 1.165) is 15.4 Å². The number of methoxy groups -OCH3 is 1. The molecule has 0 radical (unpaired) electrons. The number of hydrogen-bond donors (Lipinski definition) is 2. The van der Waals surface area contributed by atoms with Crippen LogP contribution in [0.2, 0.25) is 0 Å². The van der Waals surface area contributed by atoms with E-state index in [-0.39, 0.29) is 16.4 Å². The molecule has 0 heterocycles. The molecular formula is C24H25N3O5S. The third-order valence-corrected chi connectivity index (χ3v) is 6.83. The van der Waals surface area contributed by atoms with Gasteiger partial charge >= 0.3 is 0 Å². The molecule has 0 spiro atoms. The monoisotopic (exact) mass is 467 g/mol. The molecule has 0 saturated carbocycles. The molecule has 0 aliphatic carbocycles. The van der Waals surface area contributed by atoms with Crippen molar-refractivity contribution in [2.75, 3.05) is 18.0 Å². The van der Waals surface area contributed by atoms with Crippen molar-refractivity contribution in [2.24, 2.45) is 5.10 Å². The van der Waals surface area contributed by atoms with Gasteiger partial charge in [-0.2, -0.15) is 5.10 Å². The second kappa shape index (κ2) is 10.2. The molecule has 33 heavy (non-hydrogen) atoms. The maximum Gasteiger partial charge on any atom is 0.264 e. The Kier molecular flexibility index (Phi) is 7.34. The number of phenolic OH excluding ortho intramolecular Hbond substituents is 1. The lowest BCUT2D eigenvalue weighted by molar-refractivity contribution is -0.119. The normalized spacial score (nSPS) is 11.4. The van der Waals surface area contributed by atoms with E-state index in [2.05, 4.69) is 10.5 Å². The number of phenols is 1. The van der Waals surface area contributed by atoms with E-state index in [9.17, 15) is 18.3 Å². The Morgan fingerprint density at radius 1 is 1.06 bits per heavy atom. The summed E-state index contributed by atoms with van der Waals surface area (Å²) in [6.45, 7) is 3.31. The zero-order chi connectivity index (χ0) is 24.0. The van der Waals surface area contributed by atoms with Crippen LogP contribution in [0, 0.1) is 13.8 Å². The predicted molar refractivity (Wildman–Crippen MR) is 127 cm³/mol. The average Bonchev–Trinajstić information content (AvgIpc) is 2.81. The molecule has 8 nitrogen and oxygen atoms in total. The summed E-state index contributed by atoms with van der Waals surface area (Å²) in [5, 5.41) is 14.0. The summed E-state index contributed by atoms with van der Waals surface area (Å²) in [5.41, 5.74) is 4.92. The lowest BCUT2D eigenvalue weighted by Crippen LogP contribution is -2.39. The predicted octanol–water partition coefficient (Wildman–Crippen LogP) is 3.36. The topological polar surface area (TPSA) is 108 Å². The molecule has 0 unspecified atom stereocenters. The third-order valence-electron chi connectivity index (χ3n) is 5.04. The number of carbonyl (C=O) groups is 1. The van der Waals surface area contributed by atoms with Crippen LogP contribution in [0.5, 0.6) is 11.5 Å². The van der Waals surface area contributed by atoms with E-state index in [1.807, 2.05) is 13.8 Å². The second-order valence-corrected chi connectivity index (χ2v) is 9.15. The third kappa shape index (κ3) is 5.50. The van der Waals surface area contributed by atoms with Crippen LogP contribution in [0.1, 0.15) is 16.7 Å². The molecule has 3 aromatic carbocycles. The van der Waals surface area contributed by atoms with Crippen molar-refractivity contribution < 1.29 is 23.1 Å². The van der Waals surface area contributed by atoms with Crippen LogP contribution in [-0.2, 0) is 14.8 Å². The van der Waals surface area contributed by atoms with E-state index in [0.29, 0.717) is 11.3 Å². The van der Waals surface area contributed by atoms with Crippen LogP contribution >= 0.6 is 0 Å². The first-order valence-corrected chi connectivity index (χ1v) is 11.5. The Hall–Kier alpha value is -3.85. The van der Waals surface area contributed by atoms with E-state index >= 15 is 0 Å². The summed E-state index contributed by atoms with van der Waals surface area (Å²) in [6.07, 6.45) is 1.25. The summed E-state index contributed by atoms with van der Waals surface area (Å²) in [7, 11) is -2.58. The number of ether oxygens (including phenoxy) is 1. The van der Waals surface area contributed by atoms with Gasteiger partial charge in [-0.05, 0) is 61.4 Å². The van der Waals surface area contributed by atoms with Gasteiger partial charge in [-0.15, -0.1) is 0 Å². The Morgan fingerprint density at radius 3 is 2.45 bits per heavy atom. The number of para-hydroxylation sites is 1. The lowest BCUT2D eigenvalue weighted by Gasteiger charge is -2.24. The molecule has 1 amide bonds. The summed E-state index contributed by atoms with van der Waals surface area (Å²) < 4.78 is 32.8. The van der Waals surface area contributed by atoms with Crippen LogP contribution in [-0.4, -0.2) is 39.3 Å². The van der Waals surface area contributed by atoms with Crippen molar-refractivity contribution in [1.82, 2.24) is 5.43 Å². The summed E-state index contributed by atoms with van der Waals surface area (Å²) in [5.74, 6) is -0.507. The molecule has 3 rings (SSSR count). The minimum Gasteiger partial charge on any atom is -0.504 e. The fraction of sp³-hybridized carbons (Fsp3) is 0.167. The maximum atomic E-state index is 13.3. The zero-order valence-corrected chi connectivity index (χ0v) is 19.3. The number of benzene rings is 3. The number of rotatable bonds is 8. The molecule has 2 N–H and O–H groups in total. The molecule has 0 saturated heterocycles. The number of nitrogens with one attached hydrogen (secondary N) is 1. The highest BCUT2D eigenvalue weighted by atomic mass is 32.2. The molecule has 0 atom stereocenters. The van der Waals surface area contributed by atoms with Gasteiger partial charge in [0, 0.05) is 5.56 Å². The van der Waals surface area contributed by atoms with Crippen LogP contribution in [0.3, 0.4) is 0 Å². The Labute approximate surface area is 193 Å². The van der Waals surface area contributed by atoms with Gasteiger partial charge < -0.3 is 9.84 Å². The van der Waals surface area contributed by atoms with Gasteiger partial charge in [0.15, 0.2) is 11.5 Å². The molecule has 172 valence electrons. The van der Waals surface area contributed by atoms with Gasteiger partial charge in [0.1, 0.15) is 6.54 Å². The van der Waals surface area contributed by atoms with Crippen molar-refractivity contribution in [2.45, 2.75) is 18.7 Å². The standard InChI is InChI=1S/C24H25N3O5S/c1-17-12-13-20(14-18(17)2)27(33(30,31)21-9-5-4-6-10-21)16-23(28)26-25-15-19-8-7-11-22(32-3)24(19)29/h4-15,29H,16H2,1-3H3,(H,26,28)/b25-15-. The average molecular weight is 468 g/mol. The van der Waals surface area contributed by atoms with Gasteiger partial charge in [-0.25, -0.2) is 13.8 Å². The Morgan fingerprint density at radius 2 is 1.79 bits per heavy atom. The number of anilines is 1. The molecular weight excluding hydrogens is 442 g/mol. The number of hydrazone groups is 1. The minimum absolute atomic E-state index is 0.0702. The first-order valence-electron chi connectivity index (χ1n) is 10.1. The van der Waals surface area contributed by atoms with E-state index in [4.69, 9.17) is 4.74 Å². The van der Waals surface area contributed by atoms with Crippen LogP contribution < -0.4 is 14.5 Å². The smallest absolute Gasteiger partial charge is 0.264 e. The maximum absolute atomic E-state index is 13.3. The molecule has 9 heteroatoms. The quantitative estimate of drug-likeness (QED) is 0.390. The van der Waals surface area contributed by atoms with Crippen molar-refractivity contribution in [1.29, 1.82) is 0 Å². The molecule has 0 aliphatic rings. The van der Waals surface area contributed by atoms with Gasteiger partial charge in [-0.1, -0.05) is 30.3 Å². The lowest BCUT2D eigenvalue weighted by atomic mass is 10.1. The fourth-order valence-corrected chi connectivity index (χ4v) is 4.50. The second-order valence-electron chi connectivity index (χ2n) is 7.28. The fourth-order valence-electron chi connectivity index (χ4n) is 3.06. The van der Waals surface area contributed by atoms with E-state index < -0.39 is 22.5 Å². The number of sulfonamides is 1. The highest BCUT2D eigenvalue weighted by molar-refractivity contribution is 7.92. The number of amides is 1. The largest absolute Gasteiger partial charge is 0.504 e. The van der Waals surface area contributed by atoms with Crippen molar-refractivity contribution in [3.05, 3.63) is 83.4 Å². The van der Waals surface area contributed by atoms with Crippen LogP contribution in [0.15, 0.2) is 76.7 Å². The Balaban J connectivity index is 1.86. The number of aryl methyl sites for hydroxylation is 2. The molecule has 0 bridgehead atoms. The van der Waals surface area contributed by atoms with E-state index in [1.54, 1.807) is 54.6 Å². The first kappa shape index (κ1) is 23.8. The number of hydrogen-bond acceptors (Lipinski definition) is 6. The van der Waals surface area contributed by atoms with Gasteiger partial charge in [0.2, 0.25) is 0 Å². The minimum atomic E-state index is -4.01. The number of nitrogens with zero attached hydrogens (tertiary/aromatic N) is 2. The van der Waals surface area contributed by atoms with Crippen molar-refractivity contribution in [3.63, 3.8) is 0 Å². The highest BCUT2D eigenvalue weighted by Gasteiger charge is 2.27. The highest BCUT2D eigenvalue weighted by Crippen LogP contribution is 2.28. The number of aromatic hydroxyl groups is 1. The zero-order valence-electron chi connectivity index (χ0n) is 18.5. The molecule has 0 fully saturated rings. The molecule has 0 aliphatic heterocycles. The number of carbonyl (C=O) groups excluding carboxylic acids is 1. The Bertz CT molecular complexity index is 1270. The summed E-state index contributed by atoms with van der Waals surface area (Å²) >= 11 is 0. The first-order chi connectivity index (χ1) is 15.7. The van der Waals surface area contributed by atoms with Gasteiger partial charge in [-0.3, -0.25) is 9.10 Å². The summed E-state index contributed by atoms with van der Waals surface area (Å²) in [4.78, 5) is 12.7. The van der Waals surface area contributed by atoms with Gasteiger partial charge in [0.05, 0.1) is 23.9 Å². The van der Waals surface area contributed by atoms with Crippen LogP contribution in [0.25, 0.3) is 0 Å². The van der Waals surface area contributed by atoms with E-state index in [1.165, 1.54) is 25.5 Å².